The molecule has 1 fully saturated rings. The SMILES string of the molecule is N#Cc1ncc(C(F)(F)F)c(-c2cnc(N)c(C(=O)Nc3ncccc3N3CCCCC3)n2)n1. The van der Waals surface area contributed by atoms with Crippen LogP contribution in [0.2, 0.25) is 0 Å². The molecule has 0 radical (unpaired) electrons. The second-order valence-corrected chi connectivity index (χ2v) is 7.43. The molecule has 34 heavy (non-hydrogen) atoms. The van der Waals surface area contributed by atoms with Crippen molar-refractivity contribution >= 4 is 23.2 Å². The van der Waals surface area contributed by atoms with E-state index in [-0.39, 0.29) is 17.3 Å². The van der Waals surface area contributed by atoms with Crippen molar-refractivity contribution in [3.05, 3.63) is 47.8 Å². The van der Waals surface area contributed by atoms with Crippen LogP contribution >= 0.6 is 0 Å². The predicted octanol–water partition coefficient (Wildman–Crippen LogP) is 3.04. The molecule has 3 aromatic rings. The molecule has 0 unspecified atom stereocenters. The molecule has 174 valence electrons. The summed E-state index contributed by atoms with van der Waals surface area (Å²) in [6.45, 7) is 1.61. The highest BCUT2D eigenvalue weighted by Crippen LogP contribution is 2.35. The molecule has 0 saturated carbocycles. The number of anilines is 3. The summed E-state index contributed by atoms with van der Waals surface area (Å²) in [5, 5.41) is 11.6. The molecule has 0 spiro atoms. The highest BCUT2D eigenvalue weighted by atomic mass is 19.4. The first-order valence-corrected chi connectivity index (χ1v) is 10.3. The summed E-state index contributed by atoms with van der Waals surface area (Å²) in [6.07, 6.45) is 1.25. The van der Waals surface area contributed by atoms with Crippen molar-refractivity contribution in [1.82, 2.24) is 24.9 Å². The van der Waals surface area contributed by atoms with Gasteiger partial charge in [-0.15, -0.1) is 0 Å². The summed E-state index contributed by atoms with van der Waals surface area (Å²) in [5.74, 6) is -1.31. The Balaban J connectivity index is 1.70. The third kappa shape index (κ3) is 4.70. The minimum atomic E-state index is -4.83. The van der Waals surface area contributed by atoms with Crippen LogP contribution in [0.25, 0.3) is 11.4 Å². The number of carbonyl (C=O) groups is 1. The Kier molecular flexibility index (Phi) is 6.22. The van der Waals surface area contributed by atoms with Gasteiger partial charge in [-0.2, -0.15) is 18.4 Å². The Bertz CT molecular complexity index is 1270. The third-order valence-corrected chi connectivity index (χ3v) is 5.17. The molecule has 1 amide bonds. The van der Waals surface area contributed by atoms with Gasteiger partial charge in [0.15, 0.2) is 17.3 Å². The summed E-state index contributed by atoms with van der Waals surface area (Å²) in [7, 11) is 0. The fourth-order valence-corrected chi connectivity index (χ4v) is 3.57. The average Bonchev–Trinajstić information content (AvgIpc) is 2.84. The van der Waals surface area contributed by atoms with E-state index >= 15 is 0 Å². The lowest BCUT2D eigenvalue weighted by Crippen LogP contribution is -2.31. The quantitative estimate of drug-likeness (QED) is 0.588. The second-order valence-electron chi connectivity index (χ2n) is 7.43. The number of nitrogens with zero attached hydrogens (tertiary/aromatic N) is 7. The van der Waals surface area contributed by atoms with Gasteiger partial charge in [-0.25, -0.2) is 24.9 Å². The van der Waals surface area contributed by atoms with Crippen molar-refractivity contribution in [3.63, 3.8) is 0 Å². The van der Waals surface area contributed by atoms with E-state index in [0.717, 1.165) is 38.5 Å². The van der Waals surface area contributed by atoms with Gasteiger partial charge in [-0.05, 0) is 31.4 Å². The Labute approximate surface area is 191 Å². The van der Waals surface area contributed by atoms with Gasteiger partial charge in [0.1, 0.15) is 23.0 Å². The lowest BCUT2D eigenvalue weighted by molar-refractivity contribution is -0.137. The fraction of sp³-hybridized carbons (Fsp3) is 0.286. The van der Waals surface area contributed by atoms with E-state index < -0.39 is 34.9 Å². The van der Waals surface area contributed by atoms with E-state index in [0.29, 0.717) is 11.9 Å². The highest BCUT2D eigenvalue weighted by molar-refractivity contribution is 6.06. The number of carbonyl (C=O) groups excluding carboxylic acids is 1. The standard InChI is InChI=1S/C21H18F3N9O/c22-21(23,24)12-10-28-15(9-25)31-16(12)13-11-29-18(26)17(30-13)20(34)32-19-14(5-4-6-27-19)33-7-2-1-3-8-33/h4-6,10-11H,1-3,7-8H2,(H2,26,29)(H,27,32,34). The molecule has 0 bridgehead atoms. The van der Waals surface area contributed by atoms with Crippen molar-refractivity contribution in [2.24, 2.45) is 0 Å². The zero-order valence-electron chi connectivity index (χ0n) is 17.7. The topological polar surface area (TPSA) is 147 Å². The van der Waals surface area contributed by atoms with E-state index in [1.807, 2.05) is 6.07 Å². The van der Waals surface area contributed by atoms with Crippen molar-refractivity contribution in [2.75, 3.05) is 29.0 Å². The summed E-state index contributed by atoms with van der Waals surface area (Å²) >= 11 is 0. The predicted molar refractivity (Wildman–Crippen MR) is 115 cm³/mol. The molecule has 1 aliphatic rings. The van der Waals surface area contributed by atoms with Gasteiger partial charge in [0.2, 0.25) is 5.82 Å². The van der Waals surface area contributed by atoms with Crippen LogP contribution < -0.4 is 16.0 Å². The number of halogens is 3. The zero-order valence-corrected chi connectivity index (χ0v) is 17.7. The molecule has 4 rings (SSSR count). The van der Waals surface area contributed by atoms with Gasteiger partial charge in [0.05, 0.1) is 11.9 Å². The van der Waals surface area contributed by atoms with Gasteiger partial charge in [0.25, 0.3) is 5.91 Å². The molecule has 1 saturated heterocycles. The molecule has 0 aromatic carbocycles. The van der Waals surface area contributed by atoms with Crippen LogP contribution in [-0.2, 0) is 6.18 Å². The van der Waals surface area contributed by atoms with Gasteiger partial charge >= 0.3 is 6.18 Å². The summed E-state index contributed by atoms with van der Waals surface area (Å²) in [4.78, 5) is 34.1. The number of alkyl halides is 3. The normalized spacial score (nSPS) is 13.9. The highest BCUT2D eigenvalue weighted by Gasteiger charge is 2.36. The van der Waals surface area contributed by atoms with Crippen molar-refractivity contribution in [1.29, 1.82) is 5.26 Å². The van der Waals surface area contributed by atoms with Crippen molar-refractivity contribution in [3.8, 4) is 17.5 Å². The average molecular weight is 469 g/mol. The number of nitrogens with two attached hydrogens (primary N) is 1. The van der Waals surface area contributed by atoms with Gasteiger partial charge in [-0.3, -0.25) is 4.79 Å². The third-order valence-electron chi connectivity index (χ3n) is 5.17. The molecule has 1 aliphatic heterocycles. The first-order chi connectivity index (χ1) is 16.3. The Morgan fingerprint density at radius 2 is 1.88 bits per heavy atom. The maximum absolute atomic E-state index is 13.5. The Morgan fingerprint density at radius 3 is 2.59 bits per heavy atom. The van der Waals surface area contributed by atoms with E-state index in [1.165, 1.54) is 6.20 Å². The van der Waals surface area contributed by atoms with Crippen LogP contribution in [0.15, 0.2) is 30.7 Å². The number of nitrogens with one attached hydrogen (secondary N) is 1. The molecule has 4 heterocycles. The molecular weight excluding hydrogens is 451 g/mol. The number of piperidine rings is 1. The van der Waals surface area contributed by atoms with Crippen LogP contribution in [0.4, 0.5) is 30.5 Å². The Morgan fingerprint density at radius 1 is 1.12 bits per heavy atom. The first kappa shape index (κ1) is 22.8. The minimum absolute atomic E-state index is 0.269. The first-order valence-electron chi connectivity index (χ1n) is 10.3. The van der Waals surface area contributed by atoms with Crippen LogP contribution in [-0.4, -0.2) is 43.9 Å². The van der Waals surface area contributed by atoms with Crippen molar-refractivity contribution < 1.29 is 18.0 Å². The zero-order chi connectivity index (χ0) is 24.3. The monoisotopic (exact) mass is 469 g/mol. The number of hydrogen-bond acceptors (Lipinski definition) is 9. The number of nitrogen functional groups attached to an aromatic ring is 1. The van der Waals surface area contributed by atoms with E-state index in [1.54, 1.807) is 12.1 Å². The summed E-state index contributed by atoms with van der Waals surface area (Å²) in [6, 6.07) is 5.14. The minimum Gasteiger partial charge on any atom is -0.382 e. The number of nitriles is 1. The molecule has 10 nitrogen and oxygen atoms in total. The summed E-state index contributed by atoms with van der Waals surface area (Å²) < 4.78 is 40.5. The van der Waals surface area contributed by atoms with Gasteiger partial charge in [-0.1, -0.05) is 0 Å². The fourth-order valence-electron chi connectivity index (χ4n) is 3.57. The van der Waals surface area contributed by atoms with Crippen molar-refractivity contribution in [2.45, 2.75) is 25.4 Å². The molecule has 0 atom stereocenters. The largest absolute Gasteiger partial charge is 0.420 e. The summed E-state index contributed by atoms with van der Waals surface area (Å²) in [5.41, 5.74) is 3.82. The van der Waals surface area contributed by atoms with Crippen LogP contribution in [0.5, 0.6) is 0 Å². The van der Waals surface area contributed by atoms with Gasteiger partial charge < -0.3 is 16.0 Å². The molecule has 0 aliphatic carbocycles. The molecular formula is C21H18F3N9O. The maximum Gasteiger partial charge on any atom is 0.420 e. The number of amides is 1. The van der Waals surface area contributed by atoms with Crippen LogP contribution in [0.1, 0.15) is 41.1 Å². The molecule has 3 aromatic heterocycles. The Hall–Kier alpha value is -4.34. The second kappa shape index (κ2) is 9.26. The number of pyridine rings is 1. The lowest BCUT2D eigenvalue weighted by atomic mass is 10.1. The van der Waals surface area contributed by atoms with Crippen LogP contribution in [0, 0.1) is 11.3 Å². The number of aromatic nitrogens is 5. The van der Waals surface area contributed by atoms with E-state index in [9.17, 15) is 18.0 Å². The van der Waals surface area contributed by atoms with E-state index in [2.05, 4.69) is 35.1 Å². The van der Waals surface area contributed by atoms with E-state index in [4.69, 9.17) is 11.0 Å². The maximum atomic E-state index is 13.5. The smallest absolute Gasteiger partial charge is 0.382 e. The van der Waals surface area contributed by atoms with Crippen LogP contribution in [0.3, 0.4) is 0 Å². The molecule has 3 N–H and O–H groups in total. The number of hydrogen-bond donors (Lipinski definition) is 2. The lowest BCUT2D eigenvalue weighted by Gasteiger charge is -2.29. The van der Waals surface area contributed by atoms with Gasteiger partial charge in [0, 0.05) is 25.5 Å². The number of rotatable bonds is 4. The molecule has 13 heteroatoms.